The van der Waals surface area contributed by atoms with Crippen molar-refractivity contribution in [1.82, 2.24) is 16.0 Å². The summed E-state index contributed by atoms with van der Waals surface area (Å²) in [4.78, 5) is 16.8. The van der Waals surface area contributed by atoms with Crippen LogP contribution in [0.2, 0.25) is 0 Å². The minimum atomic E-state index is -0.142. The van der Waals surface area contributed by atoms with Crippen LogP contribution in [-0.2, 0) is 6.54 Å². The number of carbonyl (C=O) groups excluding carboxylic acids is 1. The van der Waals surface area contributed by atoms with Crippen molar-refractivity contribution in [1.29, 1.82) is 0 Å². The zero-order chi connectivity index (χ0) is 21.1. The van der Waals surface area contributed by atoms with Gasteiger partial charge in [-0.3, -0.25) is 4.79 Å². The van der Waals surface area contributed by atoms with Gasteiger partial charge in [0.15, 0.2) is 5.96 Å². The SMILES string of the molecule is CCNC(=NCc1ccc(C)cc1OC)NCCNC(=O)c1cccc(OC)c1. The van der Waals surface area contributed by atoms with E-state index < -0.39 is 0 Å². The Hall–Kier alpha value is -3.22. The minimum Gasteiger partial charge on any atom is -0.497 e. The molecule has 0 aliphatic rings. The molecule has 0 aliphatic carbocycles. The van der Waals surface area contributed by atoms with Crippen LogP contribution in [0.25, 0.3) is 0 Å². The number of aliphatic imine (C=N–C) groups is 1. The summed E-state index contributed by atoms with van der Waals surface area (Å²) in [5.41, 5.74) is 2.73. The van der Waals surface area contributed by atoms with Gasteiger partial charge >= 0.3 is 0 Å². The fraction of sp³-hybridized carbons (Fsp3) is 0.364. The van der Waals surface area contributed by atoms with E-state index in [4.69, 9.17) is 9.47 Å². The van der Waals surface area contributed by atoms with Crippen LogP contribution < -0.4 is 25.4 Å². The van der Waals surface area contributed by atoms with Gasteiger partial charge in [0.05, 0.1) is 20.8 Å². The average molecular weight is 399 g/mol. The number of carbonyl (C=O) groups is 1. The van der Waals surface area contributed by atoms with E-state index in [1.807, 2.05) is 32.0 Å². The zero-order valence-corrected chi connectivity index (χ0v) is 17.5. The fourth-order valence-electron chi connectivity index (χ4n) is 2.71. The molecule has 0 unspecified atom stereocenters. The Labute approximate surface area is 172 Å². The molecule has 0 heterocycles. The normalized spacial score (nSPS) is 11.0. The molecule has 0 saturated carbocycles. The highest BCUT2D eigenvalue weighted by Crippen LogP contribution is 2.20. The van der Waals surface area contributed by atoms with Gasteiger partial charge < -0.3 is 25.4 Å². The first-order chi connectivity index (χ1) is 14.1. The van der Waals surface area contributed by atoms with Crippen LogP contribution in [0, 0.1) is 6.92 Å². The molecule has 2 aromatic carbocycles. The molecule has 7 nitrogen and oxygen atoms in total. The third kappa shape index (κ3) is 7.03. The number of ether oxygens (including phenoxy) is 2. The van der Waals surface area contributed by atoms with Crippen molar-refractivity contribution < 1.29 is 14.3 Å². The highest BCUT2D eigenvalue weighted by atomic mass is 16.5. The number of guanidine groups is 1. The second-order valence-electron chi connectivity index (χ2n) is 6.43. The van der Waals surface area contributed by atoms with E-state index in [-0.39, 0.29) is 5.91 Å². The van der Waals surface area contributed by atoms with Gasteiger partial charge in [-0.2, -0.15) is 0 Å². The lowest BCUT2D eigenvalue weighted by Crippen LogP contribution is -2.41. The summed E-state index contributed by atoms with van der Waals surface area (Å²) < 4.78 is 10.6. The smallest absolute Gasteiger partial charge is 0.251 e. The predicted octanol–water partition coefficient (Wildman–Crippen LogP) is 2.50. The summed E-state index contributed by atoms with van der Waals surface area (Å²) >= 11 is 0. The molecular formula is C22H30N4O3. The van der Waals surface area contributed by atoms with Crippen molar-refractivity contribution in [3.63, 3.8) is 0 Å². The maximum absolute atomic E-state index is 12.2. The van der Waals surface area contributed by atoms with Crippen molar-refractivity contribution in [2.75, 3.05) is 33.9 Å². The Morgan fingerprint density at radius 1 is 1.00 bits per heavy atom. The van der Waals surface area contributed by atoms with E-state index in [1.54, 1.807) is 38.5 Å². The first kappa shape index (κ1) is 22.1. The summed E-state index contributed by atoms with van der Waals surface area (Å²) in [5, 5.41) is 9.32. The standard InChI is InChI=1S/C22H30N4O3/c1-5-23-22(26-15-18-10-9-16(2)13-20(18)29-4)25-12-11-24-21(27)17-7-6-8-19(14-17)28-3/h6-10,13-14H,5,11-12,15H2,1-4H3,(H,24,27)(H2,23,25,26). The largest absolute Gasteiger partial charge is 0.497 e. The van der Waals surface area contributed by atoms with E-state index >= 15 is 0 Å². The van der Waals surface area contributed by atoms with Gasteiger partial charge in [0, 0.05) is 30.8 Å². The number of nitrogens with zero attached hydrogens (tertiary/aromatic N) is 1. The van der Waals surface area contributed by atoms with Gasteiger partial charge in [-0.1, -0.05) is 18.2 Å². The Kier molecular flexibility index (Phi) is 8.82. The molecule has 0 spiro atoms. The van der Waals surface area contributed by atoms with Crippen LogP contribution >= 0.6 is 0 Å². The lowest BCUT2D eigenvalue weighted by Gasteiger charge is -2.13. The molecule has 156 valence electrons. The Balaban J connectivity index is 1.87. The van der Waals surface area contributed by atoms with Crippen LogP contribution in [0.4, 0.5) is 0 Å². The molecule has 0 saturated heterocycles. The summed E-state index contributed by atoms with van der Waals surface area (Å²) in [6.07, 6.45) is 0. The number of rotatable bonds is 9. The molecule has 7 heteroatoms. The van der Waals surface area contributed by atoms with Gasteiger partial charge in [-0.15, -0.1) is 0 Å². The van der Waals surface area contributed by atoms with Gasteiger partial charge in [-0.05, 0) is 43.7 Å². The first-order valence-corrected chi connectivity index (χ1v) is 9.65. The molecule has 0 aromatic heterocycles. The molecule has 3 N–H and O–H groups in total. The molecule has 29 heavy (non-hydrogen) atoms. The molecule has 0 atom stereocenters. The highest BCUT2D eigenvalue weighted by Gasteiger charge is 2.07. The number of nitrogens with one attached hydrogen (secondary N) is 3. The first-order valence-electron chi connectivity index (χ1n) is 9.65. The predicted molar refractivity (Wildman–Crippen MR) is 116 cm³/mol. The van der Waals surface area contributed by atoms with Crippen LogP contribution in [0.15, 0.2) is 47.5 Å². The Bertz CT molecular complexity index is 837. The molecule has 0 aliphatic heterocycles. The molecule has 2 aromatic rings. The van der Waals surface area contributed by atoms with Crippen molar-refractivity contribution in [3.05, 3.63) is 59.2 Å². The van der Waals surface area contributed by atoms with E-state index in [9.17, 15) is 4.79 Å². The number of amides is 1. The van der Waals surface area contributed by atoms with Gasteiger partial charge in [0.2, 0.25) is 0 Å². The van der Waals surface area contributed by atoms with E-state index in [1.165, 1.54) is 0 Å². The number of aryl methyl sites for hydroxylation is 1. The molecule has 2 rings (SSSR count). The summed E-state index contributed by atoms with van der Waals surface area (Å²) in [6, 6.07) is 13.1. The average Bonchev–Trinajstić information content (AvgIpc) is 2.75. The van der Waals surface area contributed by atoms with Gasteiger partial charge in [0.25, 0.3) is 5.91 Å². The van der Waals surface area contributed by atoms with E-state index in [2.05, 4.69) is 20.9 Å². The fourth-order valence-corrected chi connectivity index (χ4v) is 2.71. The topological polar surface area (TPSA) is 84.0 Å². The summed E-state index contributed by atoms with van der Waals surface area (Å²) in [7, 11) is 3.24. The van der Waals surface area contributed by atoms with Crippen LogP contribution in [0.1, 0.15) is 28.4 Å². The molecular weight excluding hydrogens is 368 g/mol. The third-order valence-corrected chi connectivity index (χ3v) is 4.23. The number of benzene rings is 2. The molecule has 0 fully saturated rings. The summed E-state index contributed by atoms with van der Waals surface area (Å²) in [5.74, 6) is 2.03. The van der Waals surface area contributed by atoms with Crippen LogP contribution in [0.5, 0.6) is 11.5 Å². The van der Waals surface area contributed by atoms with Crippen LogP contribution in [-0.4, -0.2) is 45.7 Å². The van der Waals surface area contributed by atoms with Crippen molar-refractivity contribution in [3.8, 4) is 11.5 Å². The molecule has 0 bridgehead atoms. The number of methoxy groups -OCH3 is 2. The van der Waals surface area contributed by atoms with Crippen molar-refractivity contribution in [2.24, 2.45) is 4.99 Å². The second-order valence-corrected chi connectivity index (χ2v) is 6.43. The van der Waals surface area contributed by atoms with Gasteiger partial charge in [0.1, 0.15) is 11.5 Å². The Morgan fingerprint density at radius 3 is 2.52 bits per heavy atom. The van der Waals surface area contributed by atoms with Gasteiger partial charge in [-0.25, -0.2) is 4.99 Å². The maximum atomic E-state index is 12.2. The van der Waals surface area contributed by atoms with Crippen molar-refractivity contribution >= 4 is 11.9 Å². The van der Waals surface area contributed by atoms with Crippen LogP contribution in [0.3, 0.4) is 0 Å². The zero-order valence-electron chi connectivity index (χ0n) is 17.5. The summed E-state index contributed by atoms with van der Waals surface area (Å²) in [6.45, 7) is 6.29. The lowest BCUT2D eigenvalue weighted by atomic mass is 10.1. The minimum absolute atomic E-state index is 0.142. The Morgan fingerprint density at radius 2 is 1.79 bits per heavy atom. The van der Waals surface area contributed by atoms with E-state index in [0.717, 1.165) is 23.4 Å². The number of hydrogen-bond donors (Lipinski definition) is 3. The third-order valence-electron chi connectivity index (χ3n) is 4.23. The maximum Gasteiger partial charge on any atom is 0.251 e. The quantitative estimate of drug-likeness (QED) is 0.343. The lowest BCUT2D eigenvalue weighted by molar-refractivity contribution is 0.0954. The van der Waals surface area contributed by atoms with Crippen molar-refractivity contribution in [2.45, 2.75) is 20.4 Å². The highest BCUT2D eigenvalue weighted by molar-refractivity contribution is 5.94. The number of hydrogen-bond acceptors (Lipinski definition) is 4. The monoisotopic (exact) mass is 398 g/mol. The van der Waals surface area contributed by atoms with E-state index in [0.29, 0.717) is 36.9 Å². The molecule has 1 amide bonds. The second kappa shape index (κ2) is 11.6. The molecule has 0 radical (unpaired) electrons.